The smallest absolute Gasteiger partial charge is 0.308 e. The second-order valence-electron chi connectivity index (χ2n) is 6.17. The molecule has 0 bridgehead atoms. The van der Waals surface area contributed by atoms with Crippen LogP contribution in [0.5, 0.6) is 11.5 Å². The monoisotopic (exact) mass is 372 g/mol. The number of aliphatic carboxylic acids is 1. The van der Waals surface area contributed by atoms with E-state index in [1.807, 2.05) is 19.1 Å². The van der Waals surface area contributed by atoms with Crippen LogP contribution in [0.3, 0.4) is 0 Å². The van der Waals surface area contributed by atoms with Gasteiger partial charge in [0.1, 0.15) is 6.61 Å². The summed E-state index contributed by atoms with van der Waals surface area (Å²) in [6.07, 6.45) is 3.41. The number of benzene rings is 1. The normalized spacial score (nSPS) is 11.5. The number of carbonyl (C=O) groups is 2. The molecule has 0 fully saturated rings. The van der Waals surface area contributed by atoms with E-state index in [1.165, 1.54) is 4.90 Å². The Morgan fingerprint density at radius 2 is 2.00 bits per heavy atom. The van der Waals surface area contributed by atoms with Crippen LogP contribution in [0.25, 0.3) is 0 Å². The van der Waals surface area contributed by atoms with Crippen molar-refractivity contribution in [1.82, 2.24) is 9.88 Å². The summed E-state index contributed by atoms with van der Waals surface area (Å²) in [6, 6.07) is 8.68. The number of carbonyl (C=O) groups excluding carboxylic acids is 1. The van der Waals surface area contributed by atoms with Gasteiger partial charge in [-0.05, 0) is 31.2 Å². The van der Waals surface area contributed by atoms with E-state index < -0.39 is 11.9 Å². The average Bonchev–Trinajstić information content (AvgIpc) is 2.67. The molecule has 1 aromatic heterocycles. The summed E-state index contributed by atoms with van der Waals surface area (Å²) in [5, 5.41) is 9.01. The first-order valence-electron chi connectivity index (χ1n) is 8.69. The lowest BCUT2D eigenvalue weighted by atomic mass is 10.1. The first-order chi connectivity index (χ1) is 12.9. The van der Waals surface area contributed by atoms with Crippen LogP contribution in [-0.2, 0) is 11.4 Å². The fourth-order valence-electron chi connectivity index (χ4n) is 2.47. The van der Waals surface area contributed by atoms with Crippen molar-refractivity contribution in [3.63, 3.8) is 0 Å². The van der Waals surface area contributed by atoms with Crippen molar-refractivity contribution in [3.8, 4) is 11.5 Å². The van der Waals surface area contributed by atoms with Gasteiger partial charge in [0.05, 0.1) is 12.5 Å². The Labute approximate surface area is 158 Å². The minimum atomic E-state index is -0.941. The molecule has 1 aromatic carbocycles. The highest BCUT2D eigenvalue weighted by atomic mass is 16.5. The van der Waals surface area contributed by atoms with E-state index >= 15 is 0 Å². The molecular formula is C20H24N2O5. The van der Waals surface area contributed by atoms with Gasteiger partial charge >= 0.3 is 5.97 Å². The van der Waals surface area contributed by atoms with Gasteiger partial charge in [-0.1, -0.05) is 13.0 Å². The molecule has 1 N–H and O–H groups in total. The number of ether oxygens (including phenoxy) is 2. The van der Waals surface area contributed by atoms with Crippen molar-refractivity contribution in [2.45, 2.75) is 20.5 Å². The minimum Gasteiger partial charge on any atom is -0.490 e. The van der Waals surface area contributed by atoms with Gasteiger partial charge in [-0.15, -0.1) is 0 Å². The fourth-order valence-corrected chi connectivity index (χ4v) is 2.47. The van der Waals surface area contributed by atoms with Gasteiger partial charge in [0.2, 0.25) is 0 Å². The Kier molecular flexibility index (Phi) is 7.16. The quantitative estimate of drug-likeness (QED) is 0.728. The van der Waals surface area contributed by atoms with Gasteiger partial charge in [-0.3, -0.25) is 14.6 Å². The number of carboxylic acid groups (broad SMARTS) is 1. The second kappa shape index (κ2) is 9.56. The van der Waals surface area contributed by atoms with Crippen molar-refractivity contribution in [1.29, 1.82) is 0 Å². The van der Waals surface area contributed by atoms with Crippen LogP contribution < -0.4 is 9.47 Å². The van der Waals surface area contributed by atoms with Crippen LogP contribution in [0.4, 0.5) is 0 Å². The molecule has 0 spiro atoms. The number of rotatable bonds is 9. The van der Waals surface area contributed by atoms with E-state index in [1.54, 1.807) is 44.6 Å². The number of pyridine rings is 1. The fraction of sp³-hybridized carbons (Fsp3) is 0.350. The molecular weight excluding hydrogens is 348 g/mol. The molecule has 2 rings (SSSR count). The lowest BCUT2D eigenvalue weighted by molar-refractivity contribution is -0.141. The molecule has 1 atom stereocenters. The van der Waals surface area contributed by atoms with E-state index in [0.717, 1.165) is 5.56 Å². The highest BCUT2D eigenvalue weighted by Gasteiger charge is 2.20. The summed E-state index contributed by atoms with van der Waals surface area (Å²) in [7, 11) is 1.58. The molecule has 0 saturated carbocycles. The number of nitrogens with zero attached hydrogens (tertiary/aromatic N) is 2. The molecule has 0 aliphatic rings. The van der Waals surface area contributed by atoms with Gasteiger partial charge in [0.25, 0.3) is 5.91 Å². The Bertz CT molecular complexity index is 779. The van der Waals surface area contributed by atoms with Crippen LogP contribution in [0.15, 0.2) is 42.7 Å². The molecule has 0 saturated heterocycles. The van der Waals surface area contributed by atoms with Gasteiger partial charge in [0.15, 0.2) is 11.5 Å². The van der Waals surface area contributed by atoms with Crippen LogP contribution in [-0.4, -0.2) is 47.1 Å². The van der Waals surface area contributed by atoms with Crippen molar-refractivity contribution < 1.29 is 24.2 Å². The van der Waals surface area contributed by atoms with Gasteiger partial charge in [-0.25, -0.2) is 0 Å². The van der Waals surface area contributed by atoms with Crippen LogP contribution in [0.2, 0.25) is 0 Å². The molecule has 2 aromatic rings. The number of hydrogen-bond acceptors (Lipinski definition) is 5. The number of hydrogen-bond donors (Lipinski definition) is 1. The first-order valence-corrected chi connectivity index (χ1v) is 8.69. The van der Waals surface area contributed by atoms with E-state index in [-0.39, 0.29) is 12.5 Å². The maximum atomic E-state index is 12.6. The number of aromatic nitrogens is 1. The molecule has 144 valence electrons. The third kappa shape index (κ3) is 5.70. The topological polar surface area (TPSA) is 89.0 Å². The van der Waals surface area contributed by atoms with Gasteiger partial charge < -0.3 is 19.5 Å². The third-order valence-corrected chi connectivity index (χ3v) is 3.92. The van der Waals surface area contributed by atoms with E-state index in [9.17, 15) is 9.59 Å². The Hall–Kier alpha value is -3.09. The van der Waals surface area contributed by atoms with E-state index in [4.69, 9.17) is 14.6 Å². The largest absolute Gasteiger partial charge is 0.490 e. The zero-order chi connectivity index (χ0) is 19.8. The molecule has 1 heterocycles. The van der Waals surface area contributed by atoms with E-state index in [2.05, 4.69) is 4.98 Å². The highest BCUT2D eigenvalue weighted by Crippen LogP contribution is 2.29. The Morgan fingerprint density at radius 1 is 1.22 bits per heavy atom. The second-order valence-corrected chi connectivity index (χ2v) is 6.17. The van der Waals surface area contributed by atoms with Crippen molar-refractivity contribution in [3.05, 3.63) is 53.9 Å². The highest BCUT2D eigenvalue weighted by molar-refractivity contribution is 5.95. The van der Waals surface area contributed by atoms with E-state index in [0.29, 0.717) is 30.3 Å². The summed E-state index contributed by atoms with van der Waals surface area (Å²) in [4.78, 5) is 29.0. The standard InChI is InChI=1S/C20H24N2O5/c1-4-26-18-10-16(19(23)22(3)12-14(2)20(24)25)7-8-17(18)27-13-15-6-5-9-21-11-15/h5-11,14H,4,12-13H2,1-3H3,(H,24,25). The lowest BCUT2D eigenvalue weighted by Gasteiger charge is -2.20. The summed E-state index contributed by atoms with van der Waals surface area (Å²) < 4.78 is 11.4. The van der Waals surface area contributed by atoms with Crippen LogP contribution in [0.1, 0.15) is 29.8 Å². The minimum absolute atomic E-state index is 0.122. The zero-order valence-electron chi connectivity index (χ0n) is 15.7. The zero-order valence-corrected chi connectivity index (χ0v) is 15.7. The SMILES string of the molecule is CCOc1cc(C(=O)N(C)CC(C)C(=O)O)ccc1OCc1cccnc1. The average molecular weight is 372 g/mol. The van der Waals surface area contributed by atoms with Crippen LogP contribution >= 0.6 is 0 Å². The molecule has 0 aliphatic carbocycles. The Balaban J connectivity index is 2.13. The van der Waals surface area contributed by atoms with Crippen molar-refractivity contribution in [2.75, 3.05) is 20.2 Å². The lowest BCUT2D eigenvalue weighted by Crippen LogP contribution is -2.33. The maximum absolute atomic E-state index is 12.6. The van der Waals surface area contributed by atoms with Crippen LogP contribution in [0, 0.1) is 5.92 Å². The summed E-state index contributed by atoms with van der Waals surface area (Å²) in [6.45, 7) is 4.29. The molecule has 7 heteroatoms. The van der Waals surface area contributed by atoms with Crippen molar-refractivity contribution in [2.24, 2.45) is 5.92 Å². The molecule has 0 radical (unpaired) electrons. The Morgan fingerprint density at radius 3 is 2.63 bits per heavy atom. The number of carboxylic acids is 1. The van der Waals surface area contributed by atoms with Gasteiger partial charge in [-0.2, -0.15) is 0 Å². The molecule has 7 nitrogen and oxygen atoms in total. The number of amides is 1. The summed E-state index contributed by atoms with van der Waals surface area (Å²) in [5.41, 5.74) is 1.33. The molecule has 1 amide bonds. The first kappa shape index (κ1) is 20.2. The predicted molar refractivity (Wildman–Crippen MR) is 99.9 cm³/mol. The van der Waals surface area contributed by atoms with Crippen molar-refractivity contribution >= 4 is 11.9 Å². The summed E-state index contributed by atoms with van der Waals surface area (Å²) in [5.74, 6) is -0.871. The maximum Gasteiger partial charge on any atom is 0.308 e. The van der Waals surface area contributed by atoms with Gasteiger partial charge in [0, 0.05) is 37.1 Å². The molecule has 27 heavy (non-hydrogen) atoms. The summed E-state index contributed by atoms with van der Waals surface area (Å²) >= 11 is 0. The predicted octanol–water partition coefficient (Wildman–Crippen LogP) is 2.85. The molecule has 0 aliphatic heterocycles. The molecule has 1 unspecified atom stereocenters. The third-order valence-electron chi connectivity index (χ3n) is 3.92.